The van der Waals surface area contributed by atoms with Gasteiger partial charge in [-0.25, -0.2) is 0 Å². The molecule has 0 aromatic heterocycles. The first-order valence-corrected chi connectivity index (χ1v) is 6.65. The fourth-order valence-corrected chi connectivity index (χ4v) is 3.57. The maximum atomic E-state index is 5.22. The van der Waals surface area contributed by atoms with Crippen molar-refractivity contribution in [2.24, 2.45) is 10.3 Å². The summed E-state index contributed by atoms with van der Waals surface area (Å²) in [6.45, 7) is 0. The molecule has 1 aromatic rings. The van der Waals surface area contributed by atoms with Crippen molar-refractivity contribution >= 4 is 27.3 Å². The summed E-state index contributed by atoms with van der Waals surface area (Å²) in [5, 5.41) is 8.20. The van der Waals surface area contributed by atoms with E-state index in [1.54, 1.807) is 0 Å². The number of rotatable bonds is 1. The van der Waals surface area contributed by atoms with E-state index in [2.05, 4.69) is 34.6 Å². The summed E-state index contributed by atoms with van der Waals surface area (Å²) in [5.41, 5.74) is 3.37. The van der Waals surface area contributed by atoms with Gasteiger partial charge in [0.05, 0.1) is 0 Å². The van der Waals surface area contributed by atoms with Crippen LogP contribution < -0.4 is 0 Å². The zero-order valence-electron chi connectivity index (χ0n) is 9.00. The van der Waals surface area contributed by atoms with Crippen LogP contribution in [0.5, 0.6) is 0 Å². The minimum atomic E-state index is -0.639. The van der Waals surface area contributed by atoms with Gasteiger partial charge in [0.2, 0.25) is 11.0 Å². The number of oxime groups is 2. The van der Waals surface area contributed by atoms with Gasteiger partial charge >= 0.3 is 0 Å². The van der Waals surface area contributed by atoms with E-state index in [-0.39, 0.29) is 0 Å². The minimum absolute atomic E-state index is 0.436. The van der Waals surface area contributed by atoms with Gasteiger partial charge in [0.1, 0.15) is 16.3 Å². The van der Waals surface area contributed by atoms with Crippen LogP contribution in [-0.2, 0) is 8.57 Å². The van der Waals surface area contributed by atoms with E-state index in [1.165, 1.54) is 5.56 Å². The molecule has 5 heteroatoms. The fourth-order valence-electron chi connectivity index (χ4n) is 2.45. The van der Waals surface area contributed by atoms with Gasteiger partial charge in [0.15, 0.2) is 0 Å². The van der Waals surface area contributed by atoms with E-state index in [9.17, 15) is 0 Å². The van der Waals surface area contributed by atoms with Crippen molar-refractivity contribution in [3.05, 3.63) is 35.9 Å². The highest BCUT2D eigenvalue weighted by atomic mass is 32.2. The maximum Gasteiger partial charge on any atom is 0.248 e. The number of hydrogen-bond donors (Lipinski definition) is 0. The number of benzene rings is 1. The standard InChI is InChI=1S/C12H10N2O2S/c1-2-4-8(5-3-1)9-6-10-12-11(7-9)14-16-17(12)15-13-10/h1-5,9H,6-7H2. The average molecular weight is 246 g/mol. The SMILES string of the molecule is c1ccc(C2CC3=NOS4=C3C(=NO4)C2)cc1. The Morgan fingerprint density at radius 1 is 1.00 bits per heavy atom. The lowest BCUT2D eigenvalue weighted by atomic mass is 9.82. The van der Waals surface area contributed by atoms with Gasteiger partial charge in [0.25, 0.3) is 0 Å². The molecule has 0 N–H and O–H groups in total. The second kappa shape index (κ2) is 3.43. The van der Waals surface area contributed by atoms with Gasteiger partial charge in [-0.1, -0.05) is 40.6 Å². The molecule has 0 bridgehead atoms. The van der Waals surface area contributed by atoms with Crippen LogP contribution in [0.1, 0.15) is 24.3 Å². The van der Waals surface area contributed by atoms with Crippen molar-refractivity contribution in [2.45, 2.75) is 18.8 Å². The molecule has 0 atom stereocenters. The summed E-state index contributed by atoms with van der Waals surface area (Å²) in [4.78, 5) is 1.09. The molecule has 0 unspecified atom stereocenters. The van der Waals surface area contributed by atoms with E-state index < -0.39 is 11.0 Å². The lowest BCUT2D eigenvalue weighted by Crippen LogP contribution is -2.29. The van der Waals surface area contributed by atoms with E-state index in [0.717, 1.165) is 29.1 Å². The molecule has 2 heterocycles. The van der Waals surface area contributed by atoms with Crippen molar-refractivity contribution in [2.75, 3.05) is 0 Å². The first-order valence-electron chi connectivity index (χ1n) is 5.57. The van der Waals surface area contributed by atoms with Gasteiger partial charge in [-0.2, -0.15) is 0 Å². The Morgan fingerprint density at radius 2 is 1.65 bits per heavy atom. The van der Waals surface area contributed by atoms with Crippen LogP contribution in [-0.4, -0.2) is 16.3 Å². The topological polar surface area (TPSA) is 43.2 Å². The van der Waals surface area contributed by atoms with Crippen LogP contribution >= 0.6 is 11.0 Å². The molecule has 1 saturated carbocycles. The third-order valence-corrected chi connectivity index (χ3v) is 4.50. The smallest absolute Gasteiger partial charge is 0.248 e. The Bertz CT molecular complexity index is 547. The molecule has 0 amide bonds. The Morgan fingerprint density at radius 3 is 2.29 bits per heavy atom. The van der Waals surface area contributed by atoms with E-state index >= 15 is 0 Å². The molecule has 1 fully saturated rings. The molecule has 1 aromatic carbocycles. The van der Waals surface area contributed by atoms with Crippen LogP contribution in [0.25, 0.3) is 0 Å². The predicted octanol–water partition coefficient (Wildman–Crippen LogP) is 2.61. The van der Waals surface area contributed by atoms with Crippen LogP contribution in [0.15, 0.2) is 40.6 Å². The first kappa shape index (κ1) is 9.41. The third kappa shape index (κ3) is 1.35. The summed E-state index contributed by atoms with van der Waals surface area (Å²) in [6, 6.07) is 10.5. The third-order valence-electron chi connectivity index (χ3n) is 3.27. The molecule has 0 radical (unpaired) electrons. The summed E-state index contributed by atoms with van der Waals surface area (Å²) >= 11 is -0.639. The first-order chi connectivity index (χ1) is 8.42. The lowest BCUT2D eigenvalue weighted by Gasteiger charge is -2.21. The molecule has 86 valence electrons. The highest BCUT2D eigenvalue weighted by Gasteiger charge is 2.39. The molecule has 3 aliphatic rings. The Kier molecular flexibility index (Phi) is 1.90. The second-order valence-corrected chi connectivity index (χ2v) is 5.48. The van der Waals surface area contributed by atoms with Gasteiger partial charge in [-0.3, -0.25) is 8.57 Å². The van der Waals surface area contributed by atoms with Crippen molar-refractivity contribution in [3.63, 3.8) is 0 Å². The molecule has 4 rings (SSSR count). The monoisotopic (exact) mass is 246 g/mol. The highest BCUT2D eigenvalue weighted by Crippen LogP contribution is 2.40. The van der Waals surface area contributed by atoms with E-state index in [1.807, 2.05) is 6.07 Å². The quantitative estimate of drug-likeness (QED) is 0.715. The average Bonchev–Trinajstić information content (AvgIpc) is 2.98. The zero-order valence-corrected chi connectivity index (χ0v) is 9.81. The Labute approximate surface area is 101 Å². The van der Waals surface area contributed by atoms with Gasteiger partial charge in [-0.15, -0.1) is 0 Å². The zero-order chi connectivity index (χ0) is 11.2. The van der Waals surface area contributed by atoms with Crippen LogP contribution in [0.3, 0.4) is 0 Å². The molecule has 4 nitrogen and oxygen atoms in total. The van der Waals surface area contributed by atoms with Crippen LogP contribution in [0.4, 0.5) is 0 Å². The second-order valence-electron chi connectivity index (χ2n) is 4.30. The molecular weight excluding hydrogens is 236 g/mol. The maximum absolute atomic E-state index is 5.22. The molecule has 1 aliphatic carbocycles. The molecule has 0 spiro atoms. The molecule has 0 saturated heterocycles. The van der Waals surface area contributed by atoms with Crippen molar-refractivity contribution in [1.29, 1.82) is 0 Å². The number of hydrogen-bond acceptors (Lipinski definition) is 4. The molecule has 2 aliphatic heterocycles. The highest BCUT2D eigenvalue weighted by molar-refractivity contribution is 8.10. The lowest BCUT2D eigenvalue weighted by molar-refractivity contribution is 0.308. The Balaban J connectivity index is 1.72. The fraction of sp³-hybridized carbons (Fsp3) is 0.250. The van der Waals surface area contributed by atoms with Gasteiger partial charge in [-0.05, 0) is 11.5 Å². The molecular formula is C12H10N2O2S. The van der Waals surface area contributed by atoms with E-state index in [0.29, 0.717) is 5.92 Å². The summed E-state index contributed by atoms with van der Waals surface area (Å²) in [6.07, 6.45) is 1.84. The van der Waals surface area contributed by atoms with Gasteiger partial charge < -0.3 is 0 Å². The summed E-state index contributed by atoms with van der Waals surface area (Å²) in [7, 11) is 0. The van der Waals surface area contributed by atoms with Gasteiger partial charge in [0, 0.05) is 12.8 Å². The van der Waals surface area contributed by atoms with Crippen molar-refractivity contribution < 1.29 is 8.57 Å². The van der Waals surface area contributed by atoms with E-state index in [4.69, 9.17) is 8.57 Å². The minimum Gasteiger partial charge on any atom is -0.288 e. The predicted molar refractivity (Wildman–Crippen MR) is 68.1 cm³/mol. The normalized spacial score (nSPS) is 22.7. The largest absolute Gasteiger partial charge is 0.288 e. The van der Waals surface area contributed by atoms with Crippen LogP contribution in [0.2, 0.25) is 0 Å². The van der Waals surface area contributed by atoms with Crippen molar-refractivity contribution in [1.82, 2.24) is 0 Å². The number of nitrogens with zero attached hydrogens (tertiary/aromatic N) is 2. The van der Waals surface area contributed by atoms with Crippen molar-refractivity contribution in [3.8, 4) is 0 Å². The van der Waals surface area contributed by atoms with Crippen LogP contribution in [0, 0.1) is 0 Å². The summed E-state index contributed by atoms with van der Waals surface area (Å²) < 4.78 is 10.4. The Hall–Kier alpha value is -1.62. The molecule has 17 heavy (non-hydrogen) atoms. The summed E-state index contributed by atoms with van der Waals surface area (Å²) in [5.74, 6) is 0.436.